The number of rotatable bonds is 4. The van der Waals surface area contributed by atoms with E-state index in [-0.39, 0.29) is 11.4 Å². The number of para-hydroxylation sites is 1. The maximum Gasteiger partial charge on any atom is 0.221 e. The maximum absolute atomic E-state index is 11.3. The quantitative estimate of drug-likeness (QED) is 0.713. The molecule has 6 heteroatoms. The van der Waals surface area contributed by atoms with Crippen molar-refractivity contribution < 1.29 is 4.79 Å². The van der Waals surface area contributed by atoms with Gasteiger partial charge in [-0.15, -0.1) is 0 Å². The minimum Gasteiger partial charge on any atom is -0.341 e. The van der Waals surface area contributed by atoms with Gasteiger partial charge in [-0.25, -0.2) is 4.99 Å². The van der Waals surface area contributed by atoms with Gasteiger partial charge < -0.3 is 15.5 Å². The van der Waals surface area contributed by atoms with Gasteiger partial charge in [-0.2, -0.15) is 0 Å². The summed E-state index contributed by atoms with van der Waals surface area (Å²) in [7, 11) is 0. The highest BCUT2D eigenvalue weighted by molar-refractivity contribution is 7.80. The summed E-state index contributed by atoms with van der Waals surface area (Å²) in [5.74, 6) is 0.759. The lowest BCUT2D eigenvalue weighted by atomic mass is 9.94. The summed E-state index contributed by atoms with van der Waals surface area (Å²) in [6, 6.07) is 13.9. The zero-order valence-electron chi connectivity index (χ0n) is 17.0. The molecule has 1 atom stereocenters. The fraction of sp³-hybridized carbons (Fsp3) is 0.318. The molecule has 0 saturated heterocycles. The van der Waals surface area contributed by atoms with Crippen LogP contribution in [0, 0.1) is 13.8 Å². The first-order chi connectivity index (χ1) is 13.3. The number of hydrogen-bond donors (Lipinski definition) is 2. The summed E-state index contributed by atoms with van der Waals surface area (Å²) >= 11 is 5.63. The maximum atomic E-state index is 11.3. The molecule has 1 aliphatic rings. The number of hydrogen-bond acceptors (Lipinski definition) is 3. The van der Waals surface area contributed by atoms with Crippen molar-refractivity contribution in [1.82, 2.24) is 0 Å². The van der Waals surface area contributed by atoms with Crippen molar-refractivity contribution >= 4 is 46.1 Å². The van der Waals surface area contributed by atoms with E-state index in [1.165, 1.54) is 18.1 Å². The van der Waals surface area contributed by atoms with Crippen molar-refractivity contribution in [2.24, 2.45) is 4.99 Å². The molecular formula is C22H26N4OS. The third kappa shape index (κ3) is 3.64. The Hall–Kier alpha value is -2.73. The summed E-state index contributed by atoms with van der Waals surface area (Å²) in [6.07, 6.45) is 0.831. The van der Waals surface area contributed by atoms with E-state index in [4.69, 9.17) is 17.2 Å². The molecule has 1 heterocycles. The topological polar surface area (TPSA) is 56.7 Å². The Balaban J connectivity index is 1.93. The second-order valence-electron chi connectivity index (χ2n) is 7.33. The van der Waals surface area contributed by atoms with Crippen molar-refractivity contribution in [3.63, 3.8) is 0 Å². The number of nitrogens with one attached hydrogen (secondary N) is 2. The van der Waals surface area contributed by atoms with Crippen LogP contribution in [-0.4, -0.2) is 22.4 Å². The number of amidine groups is 1. The van der Waals surface area contributed by atoms with Crippen LogP contribution in [-0.2, 0) is 4.79 Å². The molecule has 1 aliphatic heterocycles. The van der Waals surface area contributed by atoms with E-state index in [0.29, 0.717) is 5.11 Å². The summed E-state index contributed by atoms with van der Waals surface area (Å²) in [6.45, 7) is 9.95. The summed E-state index contributed by atoms with van der Waals surface area (Å²) in [5, 5.41) is 6.87. The number of aliphatic imine (C=N–C) groups is 1. The minimum atomic E-state index is -0.388. The first-order valence-corrected chi connectivity index (χ1v) is 9.81. The highest BCUT2D eigenvalue weighted by atomic mass is 32.1. The Morgan fingerprint density at radius 1 is 1.14 bits per heavy atom. The van der Waals surface area contributed by atoms with Crippen molar-refractivity contribution in [2.45, 2.75) is 46.6 Å². The Labute approximate surface area is 171 Å². The molecule has 146 valence electrons. The molecular weight excluding hydrogens is 368 g/mol. The van der Waals surface area contributed by atoms with Crippen LogP contribution in [0.5, 0.6) is 0 Å². The van der Waals surface area contributed by atoms with Crippen LogP contribution in [0.4, 0.5) is 17.1 Å². The van der Waals surface area contributed by atoms with Gasteiger partial charge in [-0.1, -0.05) is 25.1 Å². The second-order valence-corrected chi connectivity index (χ2v) is 7.69. The van der Waals surface area contributed by atoms with Crippen molar-refractivity contribution in [3.05, 3.63) is 53.6 Å². The van der Waals surface area contributed by atoms with E-state index in [2.05, 4.69) is 61.4 Å². The van der Waals surface area contributed by atoms with Gasteiger partial charge in [0.05, 0.1) is 0 Å². The Kier molecular flexibility index (Phi) is 5.52. The summed E-state index contributed by atoms with van der Waals surface area (Å²) < 4.78 is 0. The van der Waals surface area contributed by atoms with Gasteiger partial charge in [0.1, 0.15) is 11.4 Å². The SMILES string of the molecule is CC[C@]1(C)C(Nc2c(C)cccc2C)=NC(=S)N1c1ccc(NC(C)=O)cc1. The van der Waals surface area contributed by atoms with Crippen LogP contribution in [0.1, 0.15) is 38.3 Å². The molecule has 28 heavy (non-hydrogen) atoms. The molecule has 0 aromatic heterocycles. The highest BCUT2D eigenvalue weighted by Crippen LogP contribution is 2.35. The van der Waals surface area contributed by atoms with Gasteiger partial charge >= 0.3 is 0 Å². The van der Waals surface area contributed by atoms with E-state index in [0.717, 1.165) is 29.3 Å². The van der Waals surface area contributed by atoms with E-state index in [1.54, 1.807) is 0 Å². The normalized spacial score (nSPS) is 18.8. The lowest BCUT2D eigenvalue weighted by molar-refractivity contribution is -0.114. The summed E-state index contributed by atoms with van der Waals surface area (Å²) in [5.41, 5.74) is 4.74. The predicted octanol–water partition coefficient (Wildman–Crippen LogP) is 5.05. The fourth-order valence-electron chi connectivity index (χ4n) is 3.49. The van der Waals surface area contributed by atoms with Gasteiger partial charge in [0.2, 0.25) is 11.0 Å². The molecule has 0 fully saturated rings. The molecule has 0 spiro atoms. The molecule has 0 aliphatic carbocycles. The Morgan fingerprint density at radius 3 is 2.29 bits per heavy atom. The third-order valence-corrected chi connectivity index (χ3v) is 5.54. The molecule has 2 N–H and O–H groups in total. The lowest BCUT2D eigenvalue weighted by Gasteiger charge is -2.36. The minimum absolute atomic E-state index is 0.0914. The van der Waals surface area contributed by atoms with Crippen LogP contribution < -0.4 is 15.5 Å². The van der Waals surface area contributed by atoms with E-state index in [1.807, 2.05) is 24.3 Å². The van der Waals surface area contributed by atoms with Gasteiger partial charge in [-0.3, -0.25) is 4.79 Å². The van der Waals surface area contributed by atoms with Crippen LogP contribution in [0.25, 0.3) is 0 Å². The number of anilines is 3. The third-order valence-electron chi connectivity index (χ3n) is 5.26. The zero-order chi connectivity index (χ0) is 20.5. The van der Waals surface area contributed by atoms with Crippen molar-refractivity contribution in [1.29, 1.82) is 0 Å². The largest absolute Gasteiger partial charge is 0.341 e. The fourth-order valence-corrected chi connectivity index (χ4v) is 3.89. The van der Waals surface area contributed by atoms with Gasteiger partial charge in [-0.05, 0) is 74.8 Å². The average Bonchev–Trinajstić information content (AvgIpc) is 2.89. The smallest absolute Gasteiger partial charge is 0.221 e. The van der Waals surface area contributed by atoms with E-state index in [9.17, 15) is 4.79 Å². The van der Waals surface area contributed by atoms with Gasteiger partial charge in [0.15, 0.2) is 0 Å². The second kappa shape index (κ2) is 7.72. The van der Waals surface area contributed by atoms with Crippen molar-refractivity contribution in [2.75, 3.05) is 15.5 Å². The van der Waals surface area contributed by atoms with E-state index >= 15 is 0 Å². The molecule has 2 aromatic rings. The lowest BCUT2D eigenvalue weighted by Crippen LogP contribution is -2.51. The van der Waals surface area contributed by atoms with Crippen LogP contribution in [0.3, 0.4) is 0 Å². The van der Waals surface area contributed by atoms with E-state index < -0.39 is 0 Å². The number of aryl methyl sites for hydroxylation is 2. The number of benzene rings is 2. The Bertz CT molecular complexity index is 931. The van der Waals surface area contributed by atoms with Crippen LogP contribution in [0.2, 0.25) is 0 Å². The molecule has 0 bridgehead atoms. The number of thiocarbonyl (C=S) groups is 1. The number of carbonyl (C=O) groups is 1. The molecule has 0 radical (unpaired) electrons. The summed E-state index contributed by atoms with van der Waals surface area (Å²) in [4.78, 5) is 18.0. The van der Waals surface area contributed by atoms with Crippen molar-refractivity contribution in [3.8, 4) is 0 Å². The monoisotopic (exact) mass is 394 g/mol. The van der Waals surface area contributed by atoms with Crippen LogP contribution >= 0.6 is 12.2 Å². The first-order valence-electron chi connectivity index (χ1n) is 9.40. The van der Waals surface area contributed by atoms with Gasteiger partial charge in [0, 0.05) is 24.0 Å². The molecule has 0 saturated carbocycles. The van der Waals surface area contributed by atoms with Crippen LogP contribution in [0.15, 0.2) is 47.5 Å². The molecule has 3 rings (SSSR count). The van der Waals surface area contributed by atoms with Gasteiger partial charge in [0.25, 0.3) is 0 Å². The predicted molar refractivity (Wildman–Crippen MR) is 121 cm³/mol. The first kappa shape index (κ1) is 20.0. The number of amides is 1. The highest BCUT2D eigenvalue weighted by Gasteiger charge is 2.43. The molecule has 5 nitrogen and oxygen atoms in total. The standard InChI is InChI=1S/C22H26N4OS/c1-6-22(5)20(24-19-14(2)8-7-9-15(19)3)25-21(28)26(22)18-12-10-17(11-13-18)23-16(4)27/h7-13H,6H2,1-5H3,(H,23,27)(H,24,25,28)/t22-/m1/s1. The molecule has 2 aromatic carbocycles. The molecule has 1 amide bonds. The number of nitrogens with zero attached hydrogens (tertiary/aromatic N) is 2. The number of carbonyl (C=O) groups excluding carboxylic acids is 1. The Morgan fingerprint density at radius 2 is 1.75 bits per heavy atom. The average molecular weight is 395 g/mol. The molecule has 0 unspecified atom stereocenters. The zero-order valence-corrected chi connectivity index (χ0v) is 17.8.